The van der Waals surface area contributed by atoms with Gasteiger partial charge in [0.2, 0.25) is 0 Å². The van der Waals surface area contributed by atoms with Crippen molar-refractivity contribution in [1.29, 1.82) is 0 Å². The van der Waals surface area contributed by atoms with Crippen molar-refractivity contribution in [3.63, 3.8) is 0 Å². The molecule has 2 heteroatoms. The summed E-state index contributed by atoms with van der Waals surface area (Å²) in [6.45, 7) is 4.22. The normalized spacial score (nSPS) is 10.8. The fourth-order valence-electron chi connectivity index (χ4n) is 1.59. The van der Waals surface area contributed by atoms with E-state index in [0.29, 0.717) is 5.92 Å². The second kappa shape index (κ2) is 4.44. The summed E-state index contributed by atoms with van der Waals surface area (Å²) in [6, 6.07) is 10.5. The second-order valence-corrected chi connectivity index (χ2v) is 4.13. The van der Waals surface area contributed by atoms with Crippen LogP contribution in [0.5, 0.6) is 0 Å². The van der Waals surface area contributed by atoms with Crippen LogP contribution in [-0.4, -0.2) is 4.98 Å². The maximum atomic E-state index is 12.8. The molecule has 0 aliphatic rings. The minimum absolute atomic E-state index is 0.207. The van der Waals surface area contributed by atoms with Gasteiger partial charge >= 0.3 is 0 Å². The first-order valence-corrected chi connectivity index (χ1v) is 5.38. The SMILES string of the molecule is CC(C)c1cc(-c2ccc(F)cc2)ccn1. The van der Waals surface area contributed by atoms with E-state index in [1.807, 2.05) is 6.07 Å². The largest absolute Gasteiger partial charge is 0.261 e. The molecule has 0 aliphatic carbocycles. The van der Waals surface area contributed by atoms with E-state index >= 15 is 0 Å². The molecule has 1 heterocycles. The summed E-state index contributed by atoms with van der Waals surface area (Å²) in [6.07, 6.45) is 1.80. The van der Waals surface area contributed by atoms with Gasteiger partial charge in [0, 0.05) is 11.9 Å². The number of aromatic nitrogens is 1. The molecular weight excluding hydrogens is 201 g/mol. The van der Waals surface area contributed by atoms with Gasteiger partial charge in [0.05, 0.1) is 0 Å². The zero-order chi connectivity index (χ0) is 11.5. The van der Waals surface area contributed by atoms with Crippen molar-refractivity contribution in [2.45, 2.75) is 19.8 Å². The number of pyridine rings is 1. The summed E-state index contributed by atoms with van der Waals surface area (Å²) in [4.78, 5) is 4.31. The minimum Gasteiger partial charge on any atom is -0.261 e. The Morgan fingerprint density at radius 2 is 1.69 bits per heavy atom. The molecule has 0 radical (unpaired) electrons. The summed E-state index contributed by atoms with van der Waals surface area (Å²) in [5, 5.41) is 0. The average Bonchev–Trinajstić information content (AvgIpc) is 2.30. The highest BCUT2D eigenvalue weighted by atomic mass is 19.1. The zero-order valence-electron chi connectivity index (χ0n) is 9.44. The van der Waals surface area contributed by atoms with Crippen LogP contribution in [-0.2, 0) is 0 Å². The van der Waals surface area contributed by atoms with Gasteiger partial charge < -0.3 is 0 Å². The predicted molar refractivity (Wildman–Crippen MR) is 63.7 cm³/mol. The van der Waals surface area contributed by atoms with Crippen molar-refractivity contribution in [1.82, 2.24) is 4.98 Å². The highest BCUT2D eigenvalue weighted by molar-refractivity contribution is 5.63. The minimum atomic E-state index is -0.207. The second-order valence-electron chi connectivity index (χ2n) is 4.13. The van der Waals surface area contributed by atoms with Crippen LogP contribution in [0.1, 0.15) is 25.5 Å². The molecule has 16 heavy (non-hydrogen) atoms. The van der Waals surface area contributed by atoms with E-state index in [-0.39, 0.29) is 5.82 Å². The molecule has 0 bridgehead atoms. The fraction of sp³-hybridized carbons (Fsp3) is 0.214. The number of hydrogen-bond acceptors (Lipinski definition) is 1. The van der Waals surface area contributed by atoms with Gasteiger partial charge in [-0.3, -0.25) is 4.98 Å². The lowest BCUT2D eigenvalue weighted by atomic mass is 10.0. The molecule has 2 aromatic rings. The summed E-state index contributed by atoms with van der Waals surface area (Å²) in [7, 11) is 0. The van der Waals surface area contributed by atoms with Crippen molar-refractivity contribution in [2.75, 3.05) is 0 Å². The molecule has 0 amide bonds. The summed E-state index contributed by atoms with van der Waals surface area (Å²) in [5.41, 5.74) is 3.16. The smallest absolute Gasteiger partial charge is 0.123 e. The molecular formula is C14H14FN. The molecule has 0 fully saturated rings. The van der Waals surface area contributed by atoms with E-state index in [4.69, 9.17) is 0 Å². The third-order valence-corrected chi connectivity index (χ3v) is 2.55. The van der Waals surface area contributed by atoms with Crippen LogP contribution in [0.25, 0.3) is 11.1 Å². The summed E-state index contributed by atoms with van der Waals surface area (Å²) in [5.74, 6) is 0.197. The van der Waals surface area contributed by atoms with Gasteiger partial charge in [-0.2, -0.15) is 0 Å². The van der Waals surface area contributed by atoms with Gasteiger partial charge in [0.25, 0.3) is 0 Å². The van der Waals surface area contributed by atoms with Crippen LogP contribution in [0, 0.1) is 5.82 Å². The lowest BCUT2D eigenvalue weighted by molar-refractivity contribution is 0.628. The molecule has 0 N–H and O–H groups in total. The lowest BCUT2D eigenvalue weighted by Gasteiger charge is -2.07. The Morgan fingerprint density at radius 3 is 2.31 bits per heavy atom. The number of halogens is 1. The van der Waals surface area contributed by atoms with Crippen LogP contribution in [0.2, 0.25) is 0 Å². The first-order chi connectivity index (χ1) is 7.66. The molecule has 0 unspecified atom stereocenters. The Hall–Kier alpha value is -1.70. The molecule has 1 aromatic heterocycles. The maximum Gasteiger partial charge on any atom is 0.123 e. The first-order valence-electron chi connectivity index (χ1n) is 5.38. The molecule has 0 spiro atoms. The molecule has 0 atom stereocenters. The van der Waals surface area contributed by atoms with E-state index in [1.165, 1.54) is 12.1 Å². The number of rotatable bonds is 2. The third kappa shape index (κ3) is 2.27. The van der Waals surface area contributed by atoms with Crippen LogP contribution in [0.15, 0.2) is 42.6 Å². The first kappa shape index (κ1) is 10.8. The van der Waals surface area contributed by atoms with Gasteiger partial charge in [-0.25, -0.2) is 4.39 Å². The Kier molecular flexibility index (Phi) is 3.00. The Bertz CT molecular complexity index is 474. The van der Waals surface area contributed by atoms with E-state index in [0.717, 1.165) is 16.8 Å². The highest BCUT2D eigenvalue weighted by Crippen LogP contribution is 2.22. The maximum absolute atomic E-state index is 12.8. The van der Waals surface area contributed by atoms with Gasteiger partial charge in [0.1, 0.15) is 5.82 Å². The molecule has 0 saturated heterocycles. The molecule has 0 saturated carbocycles. The lowest BCUT2D eigenvalue weighted by Crippen LogP contribution is -1.92. The van der Waals surface area contributed by atoms with E-state index < -0.39 is 0 Å². The highest BCUT2D eigenvalue weighted by Gasteiger charge is 2.03. The Labute approximate surface area is 95.0 Å². The van der Waals surface area contributed by atoms with Crippen molar-refractivity contribution in [3.05, 3.63) is 54.1 Å². The van der Waals surface area contributed by atoms with Crippen molar-refractivity contribution in [2.24, 2.45) is 0 Å². The van der Waals surface area contributed by atoms with Crippen LogP contribution < -0.4 is 0 Å². The quantitative estimate of drug-likeness (QED) is 0.737. The molecule has 1 nitrogen and oxygen atoms in total. The predicted octanol–water partition coefficient (Wildman–Crippen LogP) is 4.01. The molecule has 1 aromatic carbocycles. The topological polar surface area (TPSA) is 12.9 Å². The fourth-order valence-corrected chi connectivity index (χ4v) is 1.59. The van der Waals surface area contributed by atoms with Crippen LogP contribution in [0.3, 0.4) is 0 Å². The standard InChI is InChI=1S/C14H14FN/c1-10(2)14-9-12(7-8-16-14)11-3-5-13(15)6-4-11/h3-10H,1-2H3. The monoisotopic (exact) mass is 215 g/mol. The number of hydrogen-bond donors (Lipinski definition) is 0. The summed E-state index contributed by atoms with van der Waals surface area (Å²) < 4.78 is 12.8. The van der Waals surface area contributed by atoms with Gasteiger partial charge in [-0.05, 0) is 41.3 Å². The van der Waals surface area contributed by atoms with Gasteiger partial charge in [-0.15, -0.1) is 0 Å². The number of nitrogens with zero attached hydrogens (tertiary/aromatic N) is 1. The Balaban J connectivity index is 2.40. The van der Waals surface area contributed by atoms with E-state index in [1.54, 1.807) is 18.3 Å². The van der Waals surface area contributed by atoms with Crippen molar-refractivity contribution < 1.29 is 4.39 Å². The van der Waals surface area contributed by atoms with Crippen molar-refractivity contribution >= 4 is 0 Å². The zero-order valence-corrected chi connectivity index (χ0v) is 9.44. The van der Waals surface area contributed by atoms with Crippen molar-refractivity contribution in [3.8, 4) is 11.1 Å². The van der Waals surface area contributed by atoms with Crippen LogP contribution >= 0.6 is 0 Å². The summed E-state index contributed by atoms with van der Waals surface area (Å²) >= 11 is 0. The Morgan fingerprint density at radius 1 is 1.00 bits per heavy atom. The molecule has 2 rings (SSSR count). The average molecular weight is 215 g/mol. The van der Waals surface area contributed by atoms with E-state index in [9.17, 15) is 4.39 Å². The van der Waals surface area contributed by atoms with E-state index in [2.05, 4.69) is 24.9 Å². The van der Waals surface area contributed by atoms with Crippen LogP contribution in [0.4, 0.5) is 4.39 Å². The number of benzene rings is 1. The molecule has 0 aliphatic heterocycles. The van der Waals surface area contributed by atoms with Gasteiger partial charge in [-0.1, -0.05) is 26.0 Å². The van der Waals surface area contributed by atoms with Gasteiger partial charge in [0.15, 0.2) is 0 Å². The molecule has 82 valence electrons. The third-order valence-electron chi connectivity index (χ3n) is 2.55.